The number of phenols is 1. The van der Waals surface area contributed by atoms with E-state index in [-0.39, 0.29) is 11.7 Å². The van der Waals surface area contributed by atoms with Crippen LogP contribution in [0.1, 0.15) is 41.1 Å². The molecule has 1 aromatic carbocycles. The third kappa shape index (κ3) is 3.13. The topological polar surface area (TPSA) is 74.8 Å². The number of hydrazone groups is 1. The van der Waals surface area contributed by atoms with Crippen LogP contribution in [0.3, 0.4) is 0 Å². The molecule has 2 N–H and O–H groups in total. The largest absolute Gasteiger partial charge is 0.508 e. The summed E-state index contributed by atoms with van der Waals surface area (Å²) in [5.74, 6) is 2.45. The Bertz CT molecular complexity index is 690. The molecule has 5 nitrogen and oxygen atoms in total. The van der Waals surface area contributed by atoms with Crippen molar-refractivity contribution in [2.24, 2.45) is 11.0 Å². The maximum atomic E-state index is 11.8. The number of phenolic OH excluding ortho intramolecular Hbond substituents is 1. The van der Waals surface area contributed by atoms with E-state index >= 15 is 0 Å². The molecule has 21 heavy (non-hydrogen) atoms. The molecule has 1 amide bonds. The standard InChI is InChI=1S/C16H16N2O3/c1-10-7-14(10)15-6-5-13(21-15)9-17-18-16(20)11-3-2-4-12(19)8-11/h2-6,8-10,14,19H,7H2,1H3,(H,18,20)/b17-9-/t10-,14+/m1/s1. The van der Waals surface area contributed by atoms with Crippen molar-refractivity contribution < 1.29 is 14.3 Å². The molecule has 0 spiro atoms. The van der Waals surface area contributed by atoms with E-state index in [4.69, 9.17) is 4.42 Å². The predicted molar refractivity (Wildman–Crippen MR) is 78.4 cm³/mol. The number of hydrogen-bond donors (Lipinski definition) is 2. The van der Waals surface area contributed by atoms with Crippen molar-refractivity contribution >= 4 is 12.1 Å². The van der Waals surface area contributed by atoms with E-state index in [1.54, 1.807) is 12.1 Å². The normalized spacial score (nSPS) is 20.6. The average Bonchev–Trinajstić information content (AvgIpc) is 3.01. The van der Waals surface area contributed by atoms with Crippen LogP contribution >= 0.6 is 0 Å². The first-order chi connectivity index (χ1) is 10.1. The highest BCUT2D eigenvalue weighted by molar-refractivity contribution is 5.95. The average molecular weight is 284 g/mol. The zero-order chi connectivity index (χ0) is 14.8. The van der Waals surface area contributed by atoms with Gasteiger partial charge in [-0.25, -0.2) is 5.43 Å². The Hall–Kier alpha value is -2.56. The van der Waals surface area contributed by atoms with E-state index in [0.717, 1.165) is 5.76 Å². The van der Waals surface area contributed by atoms with Gasteiger partial charge in [0.15, 0.2) is 0 Å². The van der Waals surface area contributed by atoms with Gasteiger partial charge in [0.25, 0.3) is 5.91 Å². The zero-order valence-electron chi connectivity index (χ0n) is 11.6. The lowest BCUT2D eigenvalue weighted by atomic mass is 10.2. The van der Waals surface area contributed by atoms with Crippen LogP contribution in [0, 0.1) is 5.92 Å². The van der Waals surface area contributed by atoms with Gasteiger partial charge in [-0.05, 0) is 42.7 Å². The molecule has 0 unspecified atom stereocenters. The second-order valence-corrected chi connectivity index (χ2v) is 5.31. The molecule has 2 aromatic rings. The van der Waals surface area contributed by atoms with E-state index in [1.165, 1.54) is 24.8 Å². The highest BCUT2D eigenvalue weighted by Gasteiger charge is 2.36. The van der Waals surface area contributed by atoms with Crippen molar-refractivity contribution in [1.29, 1.82) is 0 Å². The second-order valence-electron chi connectivity index (χ2n) is 5.31. The lowest BCUT2D eigenvalue weighted by Gasteiger charge is -1.99. The fraction of sp³-hybridized carbons (Fsp3) is 0.250. The summed E-state index contributed by atoms with van der Waals surface area (Å²) < 4.78 is 5.64. The molecule has 1 aromatic heterocycles. The number of rotatable bonds is 4. The summed E-state index contributed by atoms with van der Waals surface area (Å²) >= 11 is 0. The number of nitrogens with one attached hydrogen (secondary N) is 1. The number of amides is 1. The SMILES string of the molecule is C[C@@H]1C[C@@H]1c1ccc(/C=N\NC(=O)c2cccc(O)c2)o1. The highest BCUT2D eigenvalue weighted by atomic mass is 16.3. The zero-order valence-corrected chi connectivity index (χ0v) is 11.6. The predicted octanol–water partition coefficient (Wildman–Crippen LogP) is 2.87. The molecule has 1 saturated carbocycles. The van der Waals surface area contributed by atoms with Gasteiger partial charge in [-0.3, -0.25) is 4.79 Å². The molecule has 0 aliphatic heterocycles. The Kier molecular flexibility index (Phi) is 3.48. The maximum Gasteiger partial charge on any atom is 0.271 e. The molecule has 1 heterocycles. The van der Waals surface area contributed by atoms with Crippen LogP contribution in [0.5, 0.6) is 5.75 Å². The van der Waals surface area contributed by atoms with Crippen LogP contribution in [0.2, 0.25) is 0 Å². The van der Waals surface area contributed by atoms with Crippen molar-refractivity contribution in [1.82, 2.24) is 5.43 Å². The van der Waals surface area contributed by atoms with E-state index in [1.807, 2.05) is 12.1 Å². The molecular formula is C16H16N2O3. The third-order valence-corrected chi connectivity index (χ3v) is 3.59. The van der Waals surface area contributed by atoms with Gasteiger partial charge in [0.2, 0.25) is 0 Å². The first-order valence-electron chi connectivity index (χ1n) is 6.85. The van der Waals surface area contributed by atoms with Crippen LogP contribution in [-0.2, 0) is 0 Å². The fourth-order valence-corrected chi connectivity index (χ4v) is 2.22. The molecule has 1 aliphatic carbocycles. The van der Waals surface area contributed by atoms with E-state index in [9.17, 15) is 9.90 Å². The van der Waals surface area contributed by atoms with Gasteiger partial charge in [-0.15, -0.1) is 0 Å². The van der Waals surface area contributed by atoms with Crippen LogP contribution in [0.15, 0.2) is 45.9 Å². The molecule has 0 radical (unpaired) electrons. The Labute approximate surface area is 122 Å². The quantitative estimate of drug-likeness (QED) is 0.669. The summed E-state index contributed by atoms with van der Waals surface area (Å²) in [6.45, 7) is 2.19. The minimum Gasteiger partial charge on any atom is -0.508 e. The molecule has 2 atom stereocenters. The summed E-state index contributed by atoms with van der Waals surface area (Å²) in [6, 6.07) is 9.87. The van der Waals surface area contributed by atoms with Crippen LogP contribution in [0.4, 0.5) is 0 Å². The van der Waals surface area contributed by atoms with Crippen molar-refractivity contribution in [3.63, 3.8) is 0 Å². The van der Waals surface area contributed by atoms with Crippen molar-refractivity contribution in [3.8, 4) is 5.75 Å². The summed E-state index contributed by atoms with van der Waals surface area (Å²) in [4.78, 5) is 11.8. The Balaban J connectivity index is 1.59. The number of hydrogen-bond acceptors (Lipinski definition) is 4. The maximum absolute atomic E-state index is 11.8. The molecule has 1 aliphatic rings. The number of aromatic hydroxyl groups is 1. The Morgan fingerprint density at radius 1 is 1.43 bits per heavy atom. The summed E-state index contributed by atoms with van der Waals surface area (Å²) in [6.07, 6.45) is 2.63. The first-order valence-corrected chi connectivity index (χ1v) is 6.85. The Morgan fingerprint density at radius 3 is 2.95 bits per heavy atom. The second kappa shape index (κ2) is 5.44. The van der Waals surface area contributed by atoms with Crippen LogP contribution < -0.4 is 5.43 Å². The molecule has 0 bridgehead atoms. The number of carbonyl (C=O) groups is 1. The van der Waals surface area contributed by atoms with Crippen molar-refractivity contribution in [2.45, 2.75) is 19.3 Å². The molecular weight excluding hydrogens is 268 g/mol. The number of benzene rings is 1. The Morgan fingerprint density at radius 2 is 2.24 bits per heavy atom. The lowest BCUT2D eigenvalue weighted by Crippen LogP contribution is -2.17. The van der Waals surface area contributed by atoms with Crippen molar-refractivity contribution in [3.05, 3.63) is 53.5 Å². The minimum atomic E-state index is -0.384. The summed E-state index contributed by atoms with van der Waals surface area (Å²) in [5.41, 5.74) is 2.74. The van der Waals surface area contributed by atoms with Gasteiger partial charge < -0.3 is 9.52 Å². The van der Waals surface area contributed by atoms with Gasteiger partial charge in [-0.1, -0.05) is 13.0 Å². The van der Waals surface area contributed by atoms with Crippen LogP contribution in [-0.4, -0.2) is 17.2 Å². The highest BCUT2D eigenvalue weighted by Crippen LogP contribution is 2.47. The first kappa shape index (κ1) is 13.4. The molecule has 5 heteroatoms. The molecule has 3 rings (SSSR count). The van der Waals surface area contributed by atoms with E-state index < -0.39 is 0 Å². The van der Waals surface area contributed by atoms with E-state index in [2.05, 4.69) is 17.5 Å². The molecule has 0 saturated heterocycles. The monoisotopic (exact) mass is 284 g/mol. The summed E-state index contributed by atoms with van der Waals surface area (Å²) in [5, 5.41) is 13.2. The van der Waals surface area contributed by atoms with E-state index in [0.29, 0.717) is 23.2 Å². The van der Waals surface area contributed by atoms with Crippen molar-refractivity contribution in [2.75, 3.05) is 0 Å². The minimum absolute atomic E-state index is 0.0425. The lowest BCUT2D eigenvalue weighted by molar-refractivity contribution is 0.0954. The van der Waals surface area contributed by atoms with Gasteiger partial charge in [0.1, 0.15) is 17.3 Å². The third-order valence-electron chi connectivity index (χ3n) is 3.59. The van der Waals surface area contributed by atoms with Crippen LogP contribution in [0.25, 0.3) is 0 Å². The van der Waals surface area contributed by atoms with Gasteiger partial charge in [-0.2, -0.15) is 5.10 Å². The number of nitrogens with zero attached hydrogens (tertiary/aromatic N) is 1. The molecule has 1 fully saturated rings. The number of carbonyl (C=O) groups excluding carboxylic acids is 1. The molecule has 108 valence electrons. The smallest absolute Gasteiger partial charge is 0.271 e. The van der Waals surface area contributed by atoms with Gasteiger partial charge >= 0.3 is 0 Å². The number of furan rings is 1. The summed E-state index contributed by atoms with van der Waals surface area (Å²) in [7, 11) is 0. The van der Waals surface area contributed by atoms with Gasteiger partial charge in [0, 0.05) is 11.5 Å². The van der Waals surface area contributed by atoms with Gasteiger partial charge in [0.05, 0.1) is 6.21 Å². The fourth-order valence-electron chi connectivity index (χ4n) is 2.22.